The van der Waals surface area contributed by atoms with Gasteiger partial charge in [0, 0.05) is 29.4 Å². The molecule has 4 nitrogen and oxygen atoms in total. The van der Waals surface area contributed by atoms with Crippen LogP contribution >= 0.6 is 0 Å². The molecule has 0 saturated carbocycles. The third-order valence-corrected chi connectivity index (χ3v) is 3.50. The van der Waals surface area contributed by atoms with Crippen molar-refractivity contribution in [2.75, 3.05) is 26.1 Å². The van der Waals surface area contributed by atoms with Gasteiger partial charge in [0.2, 0.25) is 0 Å². The maximum atomic E-state index is 5.46. The van der Waals surface area contributed by atoms with Crippen LogP contribution in [0.15, 0.2) is 12.1 Å². The molecule has 0 saturated heterocycles. The van der Waals surface area contributed by atoms with Crippen molar-refractivity contribution in [1.82, 2.24) is 4.98 Å². The molecule has 2 aromatic rings. The zero-order valence-corrected chi connectivity index (χ0v) is 12.8. The molecule has 0 spiro atoms. The Kier molecular flexibility index (Phi) is 4.32. The second-order valence-electron chi connectivity index (χ2n) is 4.66. The molecule has 0 bridgehead atoms. The Morgan fingerprint density at radius 1 is 1.15 bits per heavy atom. The van der Waals surface area contributed by atoms with Crippen LogP contribution in [0.3, 0.4) is 0 Å². The van der Waals surface area contributed by atoms with Crippen LogP contribution in [0, 0.1) is 6.92 Å². The van der Waals surface area contributed by atoms with Crippen LogP contribution in [0.25, 0.3) is 10.9 Å². The van der Waals surface area contributed by atoms with Crippen LogP contribution in [-0.2, 0) is 6.42 Å². The van der Waals surface area contributed by atoms with Crippen molar-refractivity contribution in [3.63, 3.8) is 0 Å². The first-order chi connectivity index (χ1) is 9.65. The Hall–Kier alpha value is -1.97. The van der Waals surface area contributed by atoms with Gasteiger partial charge in [-0.15, -0.1) is 0 Å². The Balaban J connectivity index is 2.86. The number of pyridine rings is 1. The summed E-state index contributed by atoms with van der Waals surface area (Å²) in [5.74, 6) is 1.52. The number of ether oxygens (including phenoxy) is 2. The lowest BCUT2D eigenvalue weighted by molar-refractivity contribution is 0.397. The number of nitrogens with one attached hydrogen (secondary N) is 1. The van der Waals surface area contributed by atoms with Crippen LogP contribution in [0.4, 0.5) is 5.69 Å². The van der Waals surface area contributed by atoms with E-state index in [1.807, 2.05) is 19.1 Å². The van der Waals surface area contributed by atoms with E-state index in [1.54, 1.807) is 14.2 Å². The smallest absolute Gasteiger partial charge is 0.148 e. The standard InChI is InChI=1S/C16H22N2O2/c1-6-12-10(3)18-16-13(15(12)17-7-2)8-11(19-4)9-14(16)20-5/h8-9H,6-7H2,1-5H3,(H,17,18). The topological polar surface area (TPSA) is 43.4 Å². The van der Waals surface area contributed by atoms with E-state index in [4.69, 9.17) is 14.5 Å². The summed E-state index contributed by atoms with van der Waals surface area (Å²) in [7, 11) is 3.32. The van der Waals surface area contributed by atoms with E-state index in [-0.39, 0.29) is 0 Å². The fourth-order valence-corrected chi connectivity index (χ4v) is 2.55. The summed E-state index contributed by atoms with van der Waals surface area (Å²) in [5.41, 5.74) is 4.29. The lowest BCUT2D eigenvalue weighted by Crippen LogP contribution is -2.05. The van der Waals surface area contributed by atoms with E-state index in [1.165, 1.54) is 5.56 Å². The number of rotatable bonds is 5. The lowest BCUT2D eigenvalue weighted by Gasteiger charge is -2.17. The molecular weight excluding hydrogens is 252 g/mol. The van der Waals surface area contributed by atoms with Crippen molar-refractivity contribution in [1.29, 1.82) is 0 Å². The monoisotopic (exact) mass is 274 g/mol. The Labute approximate surface area is 120 Å². The first kappa shape index (κ1) is 14.4. The van der Waals surface area contributed by atoms with Gasteiger partial charge >= 0.3 is 0 Å². The van der Waals surface area contributed by atoms with E-state index in [0.717, 1.165) is 46.7 Å². The molecule has 108 valence electrons. The first-order valence-corrected chi connectivity index (χ1v) is 6.95. The number of anilines is 1. The van der Waals surface area contributed by atoms with Gasteiger partial charge in [0.15, 0.2) is 0 Å². The van der Waals surface area contributed by atoms with E-state index >= 15 is 0 Å². The van der Waals surface area contributed by atoms with Crippen LogP contribution in [0.2, 0.25) is 0 Å². The van der Waals surface area contributed by atoms with Crippen LogP contribution in [0.1, 0.15) is 25.1 Å². The van der Waals surface area contributed by atoms with Gasteiger partial charge in [-0.05, 0) is 31.9 Å². The van der Waals surface area contributed by atoms with Gasteiger partial charge in [-0.1, -0.05) is 6.92 Å². The minimum atomic E-state index is 0.740. The lowest BCUT2D eigenvalue weighted by atomic mass is 10.0. The Morgan fingerprint density at radius 3 is 2.45 bits per heavy atom. The highest BCUT2D eigenvalue weighted by molar-refractivity contribution is 5.98. The number of benzene rings is 1. The number of hydrogen-bond acceptors (Lipinski definition) is 4. The molecule has 0 fully saturated rings. The summed E-state index contributed by atoms with van der Waals surface area (Å²) >= 11 is 0. The highest BCUT2D eigenvalue weighted by Crippen LogP contribution is 2.37. The van der Waals surface area contributed by atoms with Crippen molar-refractivity contribution >= 4 is 16.6 Å². The predicted molar refractivity (Wildman–Crippen MR) is 83.1 cm³/mol. The number of aromatic nitrogens is 1. The second kappa shape index (κ2) is 5.99. The predicted octanol–water partition coefficient (Wildman–Crippen LogP) is 3.55. The van der Waals surface area contributed by atoms with Gasteiger partial charge in [-0.3, -0.25) is 0 Å². The van der Waals surface area contributed by atoms with Crippen LogP contribution < -0.4 is 14.8 Å². The summed E-state index contributed by atoms with van der Waals surface area (Å²) in [6.07, 6.45) is 0.941. The maximum absolute atomic E-state index is 5.46. The fourth-order valence-electron chi connectivity index (χ4n) is 2.55. The molecule has 0 amide bonds. The van der Waals surface area contributed by atoms with E-state index in [0.29, 0.717) is 0 Å². The molecule has 0 atom stereocenters. The molecule has 2 rings (SSSR count). The zero-order valence-electron chi connectivity index (χ0n) is 12.8. The number of hydrogen-bond donors (Lipinski definition) is 1. The molecule has 1 aromatic heterocycles. The fraction of sp³-hybridized carbons (Fsp3) is 0.438. The third-order valence-electron chi connectivity index (χ3n) is 3.50. The van der Waals surface area contributed by atoms with E-state index in [9.17, 15) is 0 Å². The normalized spacial score (nSPS) is 10.7. The minimum absolute atomic E-state index is 0.740. The van der Waals surface area contributed by atoms with Gasteiger partial charge in [0.1, 0.15) is 17.0 Å². The second-order valence-corrected chi connectivity index (χ2v) is 4.66. The summed E-state index contributed by atoms with van der Waals surface area (Å²) in [5, 5.41) is 4.51. The highest BCUT2D eigenvalue weighted by Gasteiger charge is 2.15. The van der Waals surface area contributed by atoms with E-state index in [2.05, 4.69) is 19.2 Å². The average molecular weight is 274 g/mol. The maximum Gasteiger partial charge on any atom is 0.148 e. The summed E-state index contributed by atoms with van der Waals surface area (Å²) in [4.78, 5) is 4.71. The number of aryl methyl sites for hydroxylation is 1. The van der Waals surface area contributed by atoms with Gasteiger partial charge in [0.25, 0.3) is 0 Å². The summed E-state index contributed by atoms with van der Waals surface area (Å²) < 4.78 is 10.8. The number of methoxy groups -OCH3 is 2. The Morgan fingerprint density at radius 2 is 1.90 bits per heavy atom. The van der Waals surface area contributed by atoms with Gasteiger partial charge in [-0.25, -0.2) is 4.98 Å². The zero-order chi connectivity index (χ0) is 14.7. The Bertz CT molecular complexity index is 624. The molecular formula is C16H22N2O2. The molecule has 1 aromatic carbocycles. The number of fused-ring (bicyclic) bond motifs is 1. The van der Waals surface area contributed by atoms with Crippen molar-refractivity contribution in [3.8, 4) is 11.5 Å². The molecule has 0 unspecified atom stereocenters. The van der Waals surface area contributed by atoms with Gasteiger partial charge < -0.3 is 14.8 Å². The number of nitrogens with zero attached hydrogens (tertiary/aromatic N) is 1. The van der Waals surface area contributed by atoms with Gasteiger partial charge in [-0.2, -0.15) is 0 Å². The van der Waals surface area contributed by atoms with Crippen LogP contribution in [-0.4, -0.2) is 25.7 Å². The first-order valence-electron chi connectivity index (χ1n) is 6.95. The molecule has 1 N–H and O–H groups in total. The summed E-state index contributed by atoms with van der Waals surface area (Å²) in [6.45, 7) is 7.15. The molecule has 0 radical (unpaired) electrons. The SMILES string of the molecule is CCNc1c(CC)c(C)nc2c(OC)cc(OC)cc12. The van der Waals surface area contributed by atoms with Crippen molar-refractivity contribution < 1.29 is 9.47 Å². The van der Waals surface area contributed by atoms with Crippen LogP contribution in [0.5, 0.6) is 11.5 Å². The molecule has 0 aliphatic heterocycles. The molecule has 1 heterocycles. The highest BCUT2D eigenvalue weighted by atomic mass is 16.5. The third kappa shape index (κ3) is 2.38. The average Bonchev–Trinajstić information content (AvgIpc) is 2.46. The van der Waals surface area contributed by atoms with Gasteiger partial charge in [0.05, 0.1) is 14.2 Å². The summed E-state index contributed by atoms with van der Waals surface area (Å²) in [6, 6.07) is 3.89. The molecule has 20 heavy (non-hydrogen) atoms. The van der Waals surface area contributed by atoms with Crippen molar-refractivity contribution in [2.45, 2.75) is 27.2 Å². The largest absolute Gasteiger partial charge is 0.497 e. The molecule has 0 aliphatic rings. The molecule has 4 heteroatoms. The minimum Gasteiger partial charge on any atom is -0.497 e. The van der Waals surface area contributed by atoms with Crippen molar-refractivity contribution in [2.24, 2.45) is 0 Å². The quantitative estimate of drug-likeness (QED) is 0.905. The van der Waals surface area contributed by atoms with E-state index < -0.39 is 0 Å². The van der Waals surface area contributed by atoms with Crippen molar-refractivity contribution in [3.05, 3.63) is 23.4 Å². The molecule has 0 aliphatic carbocycles.